The standard InChI is InChI=1S/C12H22N2O2/c1-9(2)16-12(15)8-14-5-3-4-10-6-13-7-11(10)14/h9-11,13H,3-8H2,1-2H3. The fourth-order valence-corrected chi connectivity index (χ4v) is 2.83. The molecule has 0 spiro atoms. The number of carbonyl (C=O) groups excluding carboxylic acids is 1. The molecular formula is C12H22N2O2. The summed E-state index contributed by atoms with van der Waals surface area (Å²) >= 11 is 0. The molecule has 0 aromatic heterocycles. The van der Waals surface area contributed by atoms with Gasteiger partial charge in [-0.15, -0.1) is 0 Å². The van der Waals surface area contributed by atoms with E-state index in [1.807, 2.05) is 13.8 Å². The van der Waals surface area contributed by atoms with Gasteiger partial charge < -0.3 is 10.1 Å². The molecule has 0 aromatic rings. The number of fused-ring (bicyclic) bond motifs is 1. The molecule has 2 atom stereocenters. The van der Waals surface area contributed by atoms with E-state index < -0.39 is 0 Å². The number of hydrogen-bond donors (Lipinski definition) is 1. The van der Waals surface area contributed by atoms with Gasteiger partial charge in [-0.25, -0.2) is 0 Å². The van der Waals surface area contributed by atoms with Gasteiger partial charge in [0.1, 0.15) is 0 Å². The molecule has 0 aliphatic carbocycles. The van der Waals surface area contributed by atoms with Gasteiger partial charge in [0.15, 0.2) is 0 Å². The molecule has 2 heterocycles. The van der Waals surface area contributed by atoms with Gasteiger partial charge in [0.25, 0.3) is 0 Å². The Kier molecular flexibility index (Phi) is 3.82. The summed E-state index contributed by atoms with van der Waals surface area (Å²) in [7, 11) is 0. The van der Waals surface area contributed by atoms with E-state index in [2.05, 4.69) is 10.2 Å². The average molecular weight is 226 g/mol. The maximum Gasteiger partial charge on any atom is 0.320 e. The lowest BCUT2D eigenvalue weighted by Crippen LogP contribution is -2.47. The number of nitrogens with zero attached hydrogens (tertiary/aromatic N) is 1. The van der Waals surface area contributed by atoms with Crippen molar-refractivity contribution < 1.29 is 9.53 Å². The molecular weight excluding hydrogens is 204 g/mol. The van der Waals surface area contributed by atoms with Crippen LogP contribution < -0.4 is 5.32 Å². The average Bonchev–Trinajstić information content (AvgIpc) is 2.65. The minimum absolute atomic E-state index is 0.00482. The lowest BCUT2D eigenvalue weighted by Gasteiger charge is -2.36. The molecule has 0 aromatic carbocycles. The van der Waals surface area contributed by atoms with E-state index in [-0.39, 0.29) is 12.1 Å². The fourth-order valence-electron chi connectivity index (χ4n) is 2.83. The number of carbonyl (C=O) groups is 1. The Labute approximate surface area is 97.3 Å². The van der Waals surface area contributed by atoms with Crippen LogP contribution in [0, 0.1) is 5.92 Å². The van der Waals surface area contributed by atoms with Crippen LogP contribution in [-0.2, 0) is 9.53 Å². The molecule has 2 unspecified atom stereocenters. The van der Waals surface area contributed by atoms with E-state index in [4.69, 9.17) is 4.74 Å². The van der Waals surface area contributed by atoms with E-state index in [1.165, 1.54) is 12.8 Å². The van der Waals surface area contributed by atoms with Gasteiger partial charge in [0.05, 0.1) is 12.6 Å². The highest BCUT2D eigenvalue weighted by Crippen LogP contribution is 2.26. The summed E-state index contributed by atoms with van der Waals surface area (Å²) in [5.41, 5.74) is 0. The van der Waals surface area contributed by atoms with Crippen molar-refractivity contribution in [3.05, 3.63) is 0 Å². The normalized spacial score (nSPS) is 30.4. The van der Waals surface area contributed by atoms with Crippen molar-refractivity contribution in [3.63, 3.8) is 0 Å². The molecule has 0 saturated carbocycles. The van der Waals surface area contributed by atoms with Crippen molar-refractivity contribution in [1.82, 2.24) is 10.2 Å². The van der Waals surface area contributed by atoms with Crippen LogP contribution >= 0.6 is 0 Å². The molecule has 0 bridgehead atoms. The molecule has 16 heavy (non-hydrogen) atoms. The first-order valence-electron chi connectivity index (χ1n) is 6.31. The molecule has 0 amide bonds. The summed E-state index contributed by atoms with van der Waals surface area (Å²) in [4.78, 5) is 13.9. The quantitative estimate of drug-likeness (QED) is 0.716. The van der Waals surface area contributed by atoms with E-state index in [1.54, 1.807) is 0 Å². The Morgan fingerprint density at radius 2 is 2.31 bits per heavy atom. The van der Waals surface area contributed by atoms with Gasteiger partial charge in [-0.05, 0) is 45.7 Å². The predicted octanol–water partition coefficient (Wildman–Crippen LogP) is 0.622. The third-order valence-corrected chi connectivity index (χ3v) is 3.49. The first kappa shape index (κ1) is 11.9. The first-order valence-corrected chi connectivity index (χ1v) is 6.31. The molecule has 4 heteroatoms. The van der Waals surface area contributed by atoms with Gasteiger partial charge in [-0.3, -0.25) is 9.69 Å². The second kappa shape index (κ2) is 5.15. The summed E-state index contributed by atoms with van der Waals surface area (Å²) in [6.07, 6.45) is 2.50. The number of piperidine rings is 1. The molecule has 0 radical (unpaired) electrons. The Hall–Kier alpha value is -0.610. The number of likely N-dealkylation sites (tertiary alicyclic amines) is 1. The topological polar surface area (TPSA) is 41.6 Å². The molecule has 2 aliphatic heterocycles. The van der Waals surface area contributed by atoms with Crippen LogP contribution in [0.15, 0.2) is 0 Å². The minimum Gasteiger partial charge on any atom is -0.462 e. The molecule has 2 aliphatic rings. The number of hydrogen-bond acceptors (Lipinski definition) is 4. The van der Waals surface area contributed by atoms with Crippen LogP contribution in [-0.4, -0.2) is 49.2 Å². The molecule has 92 valence electrons. The van der Waals surface area contributed by atoms with Crippen LogP contribution in [0.3, 0.4) is 0 Å². The second-order valence-corrected chi connectivity index (χ2v) is 5.14. The van der Waals surface area contributed by atoms with E-state index >= 15 is 0 Å². The van der Waals surface area contributed by atoms with Gasteiger partial charge in [-0.2, -0.15) is 0 Å². The molecule has 4 nitrogen and oxygen atoms in total. The Balaban J connectivity index is 1.86. The Morgan fingerprint density at radius 1 is 1.50 bits per heavy atom. The van der Waals surface area contributed by atoms with Crippen molar-refractivity contribution in [2.75, 3.05) is 26.2 Å². The zero-order chi connectivity index (χ0) is 11.5. The summed E-state index contributed by atoms with van der Waals surface area (Å²) in [5.74, 6) is 0.656. The maximum absolute atomic E-state index is 11.6. The van der Waals surface area contributed by atoms with Gasteiger partial charge in [0.2, 0.25) is 0 Å². The van der Waals surface area contributed by atoms with Crippen LogP contribution in [0.4, 0.5) is 0 Å². The minimum atomic E-state index is -0.0810. The van der Waals surface area contributed by atoms with Crippen LogP contribution in [0.25, 0.3) is 0 Å². The SMILES string of the molecule is CC(C)OC(=O)CN1CCCC2CNCC21. The van der Waals surface area contributed by atoms with Gasteiger partial charge >= 0.3 is 5.97 Å². The Morgan fingerprint density at radius 3 is 3.06 bits per heavy atom. The fraction of sp³-hybridized carbons (Fsp3) is 0.917. The van der Waals surface area contributed by atoms with Gasteiger partial charge in [0, 0.05) is 12.6 Å². The number of esters is 1. The van der Waals surface area contributed by atoms with E-state index in [0.29, 0.717) is 12.6 Å². The third kappa shape index (κ3) is 2.74. The zero-order valence-electron chi connectivity index (χ0n) is 10.2. The van der Waals surface area contributed by atoms with Gasteiger partial charge in [-0.1, -0.05) is 0 Å². The van der Waals surface area contributed by atoms with E-state index in [0.717, 1.165) is 25.6 Å². The maximum atomic E-state index is 11.6. The number of ether oxygens (including phenoxy) is 1. The Bertz CT molecular complexity index is 255. The highest BCUT2D eigenvalue weighted by molar-refractivity contribution is 5.71. The van der Waals surface area contributed by atoms with Crippen molar-refractivity contribution in [1.29, 1.82) is 0 Å². The summed E-state index contributed by atoms with van der Waals surface area (Å²) in [5, 5.41) is 3.41. The largest absolute Gasteiger partial charge is 0.462 e. The monoisotopic (exact) mass is 226 g/mol. The highest BCUT2D eigenvalue weighted by atomic mass is 16.5. The lowest BCUT2D eigenvalue weighted by atomic mass is 9.92. The van der Waals surface area contributed by atoms with Crippen LogP contribution in [0.2, 0.25) is 0 Å². The zero-order valence-corrected chi connectivity index (χ0v) is 10.2. The highest BCUT2D eigenvalue weighted by Gasteiger charge is 2.35. The van der Waals surface area contributed by atoms with Crippen molar-refractivity contribution in [2.24, 2.45) is 5.92 Å². The van der Waals surface area contributed by atoms with Crippen molar-refractivity contribution in [3.8, 4) is 0 Å². The van der Waals surface area contributed by atoms with Crippen LogP contribution in [0.5, 0.6) is 0 Å². The first-order chi connectivity index (χ1) is 7.66. The summed E-state index contributed by atoms with van der Waals surface area (Å²) in [6, 6.07) is 0.550. The summed E-state index contributed by atoms with van der Waals surface area (Å²) < 4.78 is 5.20. The lowest BCUT2D eigenvalue weighted by molar-refractivity contribution is -0.149. The molecule has 2 rings (SSSR count). The smallest absolute Gasteiger partial charge is 0.320 e. The van der Waals surface area contributed by atoms with Crippen molar-refractivity contribution in [2.45, 2.75) is 38.8 Å². The van der Waals surface area contributed by atoms with E-state index in [9.17, 15) is 4.79 Å². The molecule has 2 fully saturated rings. The summed E-state index contributed by atoms with van der Waals surface area (Å²) in [6.45, 7) is 7.43. The predicted molar refractivity (Wildman–Crippen MR) is 62.2 cm³/mol. The molecule has 2 saturated heterocycles. The second-order valence-electron chi connectivity index (χ2n) is 5.14. The molecule has 1 N–H and O–H groups in total. The number of nitrogens with one attached hydrogen (secondary N) is 1. The number of rotatable bonds is 3. The van der Waals surface area contributed by atoms with Crippen molar-refractivity contribution >= 4 is 5.97 Å². The third-order valence-electron chi connectivity index (χ3n) is 3.49. The van der Waals surface area contributed by atoms with Crippen LogP contribution in [0.1, 0.15) is 26.7 Å².